The lowest BCUT2D eigenvalue weighted by molar-refractivity contribution is -0.116. The van der Waals surface area contributed by atoms with Crippen molar-refractivity contribution in [2.24, 2.45) is 5.73 Å². The first-order valence-electron chi connectivity index (χ1n) is 6.94. The number of amides is 2. The van der Waals surface area contributed by atoms with Gasteiger partial charge in [-0.25, -0.2) is 0 Å². The van der Waals surface area contributed by atoms with Gasteiger partial charge in [0, 0.05) is 34.7 Å². The Hall–Kier alpha value is -2.66. The van der Waals surface area contributed by atoms with E-state index in [0.717, 1.165) is 0 Å². The third kappa shape index (κ3) is 4.93. The van der Waals surface area contributed by atoms with E-state index in [1.807, 2.05) is 0 Å². The molecule has 0 spiro atoms. The van der Waals surface area contributed by atoms with E-state index in [1.54, 1.807) is 36.4 Å². The molecule has 0 aliphatic carbocycles. The molecule has 0 unspecified atom stereocenters. The molecule has 2 rings (SSSR count). The molecule has 2 amide bonds. The smallest absolute Gasteiger partial charge is 0.248 e. The van der Waals surface area contributed by atoms with Gasteiger partial charge in [0.1, 0.15) is 0 Å². The number of primary amides is 1. The van der Waals surface area contributed by atoms with Gasteiger partial charge in [0.25, 0.3) is 0 Å². The van der Waals surface area contributed by atoms with Crippen LogP contribution in [0.25, 0.3) is 0 Å². The number of benzene rings is 2. The first kappa shape index (κ1) is 16.7. The second-order valence-corrected chi connectivity index (χ2v) is 5.36. The van der Waals surface area contributed by atoms with Gasteiger partial charge in [-0.15, -0.1) is 0 Å². The molecule has 0 bridgehead atoms. The predicted octanol–water partition coefficient (Wildman–Crippen LogP) is 3.04. The zero-order valence-corrected chi connectivity index (χ0v) is 13.0. The van der Waals surface area contributed by atoms with Crippen molar-refractivity contribution in [3.05, 3.63) is 64.7 Å². The topological polar surface area (TPSA) is 89.3 Å². The number of nitrogens with two attached hydrogens (primary N) is 1. The first-order valence-corrected chi connectivity index (χ1v) is 7.32. The van der Waals surface area contributed by atoms with E-state index in [0.29, 0.717) is 21.8 Å². The quantitative estimate of drug-likeness (QED) is 0.798. The highest BCUT2D eigenvalue weighted by molar-refractivity contribution is 6.31. The monoisotopic (exact) mass is 330 g/mol. The second kappa shape index (κ2) is 7.56. The first-order chi connectivity index (χ1) is 11.0. The Morgan fingerprint density at radius 1 is 0.957 bits per heavy atom. The van der Waals surface area contributed by atoms with Gasteiger partial charge < -0.3 is 11.1 Å². The number of rotatable bonds is 6. The van der Waals surface area contributed by atoms with E-state index in [-0.39, 0.29) is 24.5 Å². The van der Waals surface area contributed by atoms with Crippen molar-refractivity contribution < 1.29 is 14.4 Å². The van der Waals surface area contributed by atoms with Gasteiger partial charge in [0.15, 0.2) is 5.78 Å². The Balaban J connectivity index is 1.87. The lowest BCUT2D eigenvalue weighted by Gasteiger charge is -2.06. The van der Waals surface area contributed by atoms with Gasteiger partial charge in [0.2, 0.25) is 11.8 Å². The maximum atomic E-state index is 12.0. The number of nitrogens with one attached hydrogen (secondary N) is 1. The van der Waals surface area contributed by atoms with Crippen molar-refractivity contribution in [1.29, 1.82) is 0 Å². The Kier molecular flexibility index (Phi) is 5.49. The van der Waals surface area contributed by atoms with Gasteiger partial charge in [-0.1, -0.05) is 23.7 Å². The standard InChI is InChI=1S/C17H15ClN2O3/c18-13-3-1-2-12(10-13)15(21)8-9-16(22)20-14-6-4-11(5-7-14)17(19)23/h1-7,10H,8-9H2,(H2,19,23)(H,20,22). The van der Waals surface area contributed by atoms with E-state index in [4.69, 9.17) is 17.3 Å². The van der Waals surface area contributed by atoms with Crippen LogP contribution in [-0.4, -0.2) is 17.6 Å². The molecule has 2 aromatic rings. The maximum absolute atomic E-state index is 12.0. The van der Waals surface area contributed by atoms with Crippen molar-refractivity contribution in [3.63, 3.8) is 0 Å². The third-order valence-electron chi connectivity index (χ3n) is 3.18. The van der Waals surface area contributed by atoms with E-state index in [9.17, 15) is 14.4 Å². The Bertz CT molecular complexity index is 742. The summed E-state index contributed by atoms with van der Waals surface area (Å²) in [6, 6.07) is 12.8. The summed E-state index contributed by atoms with van der Waals surface area (Å²) in [5.74, 6) is -0.964. The molecule has 3 N–H and O–H groups in total. The van der Waals surface area contributed by atoms with E-state index in [1.165, 1.54) is 12.1 Å². The molecular formula is C17H15ClN2O3. The molecule has 0 atom stereocenters. The maximum Gasteiger partial charge on any atom is 0.248 e. The van der Waals surface area contributed by atoms with Crippen LogP contribution in [0.5, 0.6) is 0 Å². The van der Waals surface area contributed by atoms with Gasteiger partial charge in [-0.2, -0.15) is 0 Å². The van der Waals surface area contributed by atoms with Gasteiger partial charge >= 0.3 is 0 Å². The SMILES string of the molecule is NC(=O)c1ccc(NC(=O)CCC(=O)c2cccc(Cl)c2)cc1. The molecule has 0 fully saturated rings. The molecule has 0 saturated heterocycles. The summed E-state index contributed by atoms with van der Waals surface area (Å²) in [4.78, 5) is 34.8. The zero-order chi connectivity index (χ0) is 16.8. The number of carbonyl (C=O) groups excluding carboxylic acids is 3. The van der Waals surface area contributed by atoms with E-state index < -0.39 is 5.91 Å². The molecule has 118 valence electrons. The molecule has 0 saturated carbocycles. The van der Waals surface area contributed by atoms with Crippen molar-refractivity contribution in [3.8, 4) is 0 Å². The van der Waals surface area contributed by atoms with Crippen LogP contribution in [0, 0.1) is 0 Å². The van der Waals surface area contributed by atoms with Crippen LogP contribution in [0.2, 0.25) is 5.02 Å². The number of ketones is 1. The van der Waals surface area contributed by atoms with Gasteiger partial charge in [-0.05, 0) is 36.4 Å². The average Bonchev–Trinajstić information content (AvgIpc) is 2.53. The number of Topliss-reactive ketones (excluding diaryl/α,β-unsaturated/α-hetero) is 1. The van der Waals surface area contributed by atoms with Gasteiger partial charge in [-0.3, -0.25) is 14.4 Å². The van der Waals surface area contributed by atoms with Crippen molar-refractivity contribution >= 4 is 34.9 Å². The zero-order valence-electron chi connectivity index (χ0n) is 12.2. The van der Waals surface area contributed by atoms with Crippen LogP contribution >= 0.6 is 11.6 Å². The number of hydrogen-bond acceptors (Lipinski definition) is 3. The summed E-state index contributed by atoms with van der Waals surface area (Å²) in [5.41, 5.74) is 6.52. The van der Waals surface area contributed by atoms with Crippen LogP contribution in [0.15, 0.2) is 48.5 Å². The summed E-state index contributed by atoms with van der Waals surface area (Å²) in [6.45, 7) is 0. The number of anilines is 1. The number of carbonyl (C=O) groups is 3. The van der Waals surface area contributed by atoms with E-state index >= 15 is 0 Å². The van der Waals surface area contributed by atoms with Crippen LogP contribution < -0.4 is 11.1 Å². The Labute approximate surface area is 138 Å². The normalized spacial score (nSPS) is 10.1. The molecule has 0 aromatic heterocycles. The largest absolute Gasteiger partial charge is 0.366 e. The van der Waals surface area contributed by atoms with Gasteiger partial charge in [0.05, 0.1) is 0 Å². The lowest BCUT2D eigenvalue weighted by atomic mass is 10.1. The number of halogens is 1. The minimum absolute atomic E-state index is 0.0584. The molecule has 6 heteroatoms. The molecule has 2 aromatic carbocycles. The van der Waals surface area contributed by atoms with Crippen LogP contribution in [0.4, 0.5) is 5.69 Å². The van der Waals surface area contributed by atoms with Crippen LogP contribution in [-0.2, 0) is 4.79 Å². The summed E-state index contributed by atoms with van der Waals surface area (Å²) >= 11 is 5.83. The highest BCUT2D eigenvalue weighted by Gasteiger charge is 2.10. The summed E-state index contributed by atoms with van der Waals surface area (Å²) < 4.78 is 0. The van der Waals surface area contributed by atoms with Crippen LogP contribution in [0.3, 0.4) is 0 Å². The molecule has 23 heavy (non-hydrogen) atoms. The molecular weight excluding hydrogens is 316 g/mol. The number of hydrogen-bond donors (Lipinski definition) is 2. The Morgan fingerprint density at radius 2 is 1.65 bits per heavy atom. The lowest BCUT2D eigenvalue weighted by Crippen LogP contribution is -2.14. The minimum Gasteiger partial charge on any atom is -0.366 e. The molecule has 0 aliphatic rings. The minimum atomic E-state index is -0.532. The van der Waals surface area contributed by atoms with Crippen molar-refractivity contribution in [2.75, 3.05) is 5.32 Å². The molecule has 0 heterocycles. The fourth-order valence-corrected chi connectivity index (χ4v) is 2.16. The molecule has 5 nitrogen and oxygen atoms in total. The van der Waals surface area contributed by atoms with E-state index in [2.05, 4.69) is 5.32 Å². The second-order valence-electron chi connectivity index (χ2n) is 4.92. The summed E-state index contributed by atoms with van der Waals surface area (Å²) in [6.07, 6.45) is 0.147. The highest BCUT2D eigenvalue weighted by Crippen LogP contribution is 2.14. The fraction of sp³-hybridized carbons (Fsp3) is 0.118. The predicted molar refractivity (Wildman–Crippen MR) is 88.6 cm³/mol. The summed E-state index contributed by atoms with van der Waals surface area (Å²) in [7, 11) is 0. The van der Waals surface area contributed by atoms with Crippen molar-refractivity contribution in [2.45, 2.75) is 12.8 Å². The highest BCUT2D eigenvalue weighted by atomic mass is 35.5. The summed E-state index contributed by atoms with van der Waals surface area (Å²) in [5, 5.41) is 3.14. The molecule has 0 aliphatic heterocycles. The van der Waals surface area contributed by atoms with Crippen molar-refractivity contribution in [1.82, 2.24) is 0 Å². The average molecular weight is 331 g/mol. The Morgan fingerprint density at radius 3 is 2.26 bits per heavy atom. The fourth-order valence-electron chi connectivity index (χ4n) is 1.97. The third-order valence-corrected chi connectivity index (χ3v) is 3.41. The van der Waals surface area contributed by atoms with Crippen LogP contribution in [0.1, 0.15) is 33.6 Å². The molecule has 0 radical (unpaired) electrons.